The average Bonchev–Trinajstić information content (AvgIpc) is 3.15. The van der Waals surface area contributed by atoms with Gasteiger partial charge >= 0.3 is 5.97 Å². The van der Waals surface area contributed by atoms with Crippen molar-refractivity contribution in [3.05, 3.63) is 60.3 Å². The molecule has 1 atom stereocenters. The SMILES string of the molecule is CC(OC(=O)c1ccc2ccccc2n1)C(=O)Nc1ccc2c(c1)OCO2. The molecule has 7 heteroatoms. The van der Waals surface area contributed by atoms with E-state index in [2.05, 4.69) is 10.3 Å². The lowest BCUT2D eigenvalue weighted by molar-refractivity contribution is -0.123. The second kappa shape index (κ2) is 6.95. The summed E-state index contributed by atoms with van der Waals surface area (Å²) in [5.74, 6) is 0.0600. The molecule has 7 nitrogen and oxygen atoms in total. The number of benzene rings is 2. The van der Waals surface area contributed by atoms with Gasteiger partial charge in [-0.25, -0.2) is 9.78 Å². The molecule has 3 aromatic rings. The highest BCUT2D eigenvalue weighted by molar-refractivity contribution is 5.97. The number of ether oxygens (including phenoxy) is 3. The van der Waals surface area contributed by atoms with Crippen molar-refractivity contribution in [2.75, 3.05) is 12.1 Å². The Bertz CT molecular complexity index is 1030. The molecule has 1 aliphatic heterocycles. The maximum absolute atomic E-state index is 12.3. The first kappa shape index (κ1) is 16.8. The Morgan fingerprint density at radius 2 is 1.89 bits per heavy atom. The van der Waals surface area contributed by atoms with Gasteiger partial charge in [0.15, 0.2) is 17.6 Å². The lowest BCUT2D eigenvalue weighted by Crippen LogP contribution is -2.30. The van der Waals surface area contributed by atoms with Gasteiger partial charge in [0.2, 0.25) is 6.79 Å². The second-order valence-electron chi connectivity index (χ2n) is 5.99. The van der Waals surface area contributed by atoms with Gasteiger partial charge in [-0.15, -0.1) is 0 Å². The van der Waals surface area contributed by atoms with E-state index in [1.165, 1.54) is 6.92 Å². The molecule has 2 heterocycles. The van der Waals surface area contributed by atoms with Gasteiger partial charge in [-0.1, -0.05) is 24.3 Å². The van der Waals surface area contributed by atoms with Crippen LogP contribution in [0.2, 0.25) is 0 Å². The van der Waals surface area contributed by atoms with Crippen molar-refractivity contribution in [3.8, 4) is 11.5 Å². The van der Waals surface area contributed by atoms with E-state index in [1.54, 1.807) is 30.3 Å². The minimum absolute atomic E-state index is 0.149. The van der Waals surface area contributed by atoms with E-state index in [0.717, 1.165) is 5.39 Å². The van der Waals surface area contributed by atoms with Crippen LogP contribution >= 0.6 is 0 Å². The summed E-state index contributed by atoms with van der Waals surface area (Å²) in [7, 11) is 0. The van der Waals surface area contributed by atoms with E-state index in [4.69, 9.17) is 14.2 Å². The van der Waals surface area contributed by atoms with Crippen molar-refractivity contribution in [1.29, 1.82) is 0 Å². The summed E-state index contributed by atoms with van der Waals surface area (Å²) in [5, 5.41) is 3.60. The Morgan fingerprint density at radius 1 is 1.07 bits per heavy atom. The second-order valence-corrected chi connectivity index (χ2v) is 5.99. The summed E-state index contributed by atoms with van der Waals surface area (Å²) in [5.41, 5.74) is 1.36. The molecule has 2 aromatic carbocycles. The number of carbonyl (C=O) groups excluding carboxylic acids is 2. The first-order chi connectivity index (χ1) is 13.1. The van der Waals surface area contributed by atoms with E-state index in [1.807, 2.05) is 24.3 Å². The number of esters is 1. The van der Waals surface area contributed by atoms with E-state index in [-0.39, 0.29) is 12.5 Å². The zero-order valence-electron chi connectivity index (χ0n) is 14.5. The number of para-hydroxylation sites is 1. The summed E-state index contributed by atoms with van der Waals surface area (Å²) in [6, 6.07) is 15.8. The van der Waals surface area contributed by atoms with Crippen LogP contribution in [0.25, 0.3) is 10.9 Å². The van der Waals surface area contributed by atoms with Crippen molar-refractivity contribution in [2.24, 2.45) is 0 Å². The summed E-state index contributed by atoms with van der Waals surface area (Å²) < 4.78 is 15.7. The largest absolute Gasteiger partial charge is 0.454 e. The van der Waals surface area contributed by atoms with E-state index >= 15 is 0 Å². The number of carbonyl (C=O) groups is 2. The summed E-state index contributed by atoms with van der Waals surface area (Å²) in [6.07, 6.45) is -0.990. The molecule has 0 spiro atoms. The van der Waals surface area contributed by atoms with Gasteiger partial charge in [-0.3, -0.25) is 4.79 Å². The van der Waals surface area contributed by atoms with Crippen molar-refractivity contribution >= 4 is 28.5 Å². The molecule has 0 saturated heterocycles. The lowest BCUT2D eigenvalue weighted by Gasteiger charge is -2.13. The molecule has 1 amide bonds. The van der Waals surface area contributed by atoms with Crippen molar-refractivity contribution in [1.82, 2.24) is 4.98 Å². The fourth-order valence-electron chi connectivity index (χ4n) is 2.67. The summed E-state index contributed by atoms with van der Waals surface area (Å²) >= 11 is 0. The zero-order valence-corrected chi connectivity index (χ0v) is 14.5. The highest BCUT2D eigenvalue weighted by Crippen LogP contribution is 2.34. The molecule has 0 aliphatic carbocycles. The molecule has 1 aliphatic rings. The molecule has 0 fully saturated rings. The quantitative estimate of drug-likeness (QED) is 0.716. The van der Waals surface area contributed by atoms with Crippen LogP contribution in [-0.4, -0.2) is 29.8 Å². The molecule has 27 heavy (non-hydrogen) atoms. The third-order valence-electron chi connectivity index (χ3n) is 4.10. The number of rotatable bonds is 4. The Balaban J connectivity index is 1.42. The molecule has 136 valence electrons. The lowest BCUT2D eigenvalue weighted by atomic mass is 10.2. The number of nitrogens with zero attached hydrogens (tertiary/aromatic N) is 1. The van der Waals surface area contributed by atoms with E-state index in [9.17, 15) is 9.59 Å². The van der Waals surface area contributed by atoms with Crippen LogP contribution in [0.1, 0.15) is 17.4 Å². The third-order valence-corrected chi connectivity index (χ3v) is 4.10. The van der Waals surface area contributed by atoms with Gasteiger partial charge in [0.1, 0.15) is 5.69 Å². The highest BCUT2D eigenvalue weighted by Gasteiger charge is 2.21. The first-order valence-electron chi connectivity index (χ1n) is 8.37. The van der Waals surface area contributed by atoms with Crippen LogP contribution < -0.4 is 14.8 Å². The molecular formula is C20H16N2O5. The molecule has 1 unspecified atom stereocenters. The summed E-state index contributed by atoms with van der Waals surface area (Å²) in [6.45, 7) is 1.65. The number of pyridine rings is 1. The first-order valence-corrected chi connectivity index (χ1v) is 8.37. The molecule has 0 bridgehead atoms. The minimum Gasteiger partial charge on any atom is -0.454 e. The van der Waals surface area contributed by atoms with Crippen molar-refractivity contribution in [3.63, 3.8) is 0 Å². The number of hydrogen-bond acceptors (Lipinski definition) is 6. The zero-order chi connectivity index (χ0) is 18.8. The Morgan fingerprint density at radius 3 is 2.78 bits per heavy atom. The van der Waals surface area contributed by atoms with Crippen LogP contribution in [0.5, 0.6) is 11.5 Å². The molecule has 0 radical (unpaired) electrons. The number of aromatic nitrogens is 1. The average molecular weight is 364 g/mol. The maximum Gasteiger partial charge on any atom is 0.357 e. The summed E-state index contributed by atoms with van der Waals surface area (Å²) in [4.78, 5) is 28.9. The van der Waals surface area contributed by atoms with Crippen LogP contribution in [0.3, 0.4) is 0 Å². The van der Waals surface area contributed by atoms with Gasteiger partial charge in [-0.2, -0.15) is 0 Å². The van der Waals surface area contributed by atoms with Crippen LogP contribution in [-0.2, 0) is 9.53 Å². The van der Waals surface area contributed by atoms with Gasteiger partial charge in [0, 0.05) is 17.1 Å². The van der Waals surface area contributed by atoms with Gasteiger partial charge < -0.3 is 19.5 Å². The normalized spacial score (nSPS) is 13.2. The fourth-order valence-corrected chi connectivity index (χ4v) is 2.67. The molecule has 4 rings (SSSR count). The predicted molar refractivity (Wildman–Crippen MR) is 97.8 cm³/mol. The number of fused-ring (bicyclic) bond motifs is 2. The van der Waals surface area contributed by atoms with E-state index in [0.29, 0.717) is 22.7 Å². The van der Waals surface area contributed by atoms with Crippen molar-refractivity contribution in [2.45, 2.75) is 13.0 Å². The van der Waals surface area contributed by atoms with Crippen molar-refractivity contribution < 1.29 is 23.8 Å². The molecular weight excluding hydrogens is 348 g/mol. The van der Waals surface area contributed by atoms with Gasteiger partial charge in [0.25, 0.3) is 5.91 Å². The number of amides is 1. The van der Waals surface area contributed by atoms with E-state index < -0.39 is 18.0 Å². The monoisotopic (exact) mass is 364 g/mol. The van der Waals surface area contributed by atoms with Crippen LogP contribution in [0.4, 0.5) is 5.69 Å². The van der Waals surface area contributed by atoms with Crippen LogP contribution in [0.15, 0.2) is 54.6 Å². The number of nitrogens with one attached hydrogen (secondary N) is 1. The molecule has 1 N–H and O–H groups in total. The smallest absolute Gasteiger partial charge is 0.357 e. The molecule has 0 saturated carbocycles. The predicted octanol–water partition coefficient (Wildman–Crippen LogP) is 3.15. The number of hydrogen-bond donors (Lipinski definition) is 1. The standard InChI is InChI=1S/C20H16N2O5/c1-12(19(23)21-14-7-9-17-18(10-14)26-11-25-17)27-20(24)16-8-6-13-4-2-3-5-15(13)22-16/h2-10,12H,11H2,1H3,(H,21,23). The topological polar surface area (TPSA) is 86.8 Å². The third kappa shape index (κ3) is 3.52. The minimum atomic E-state index is -0.990. The van der Waals surface area contributed by atoms with Gasteiger partial charge in [0.05, 0.1) is 5.52 Å². The Hall–Kier alpha value is -3.61. The maximum atomic E-state index is 12.3. The Labute approximate surface area is 154 Å². The Kier molecular flexibility index (Phi) is 4.33. The van der Waals surface area contributed by atoms with Gasteiger partial charge in [-0.05, 0) is 31.2 Å². The fraction of sp³-hybridized carbons (Fsp3) is 0.150. The van der Waals surface area contributed by atoms with Crippen LogP contribution in [0, 0.1) is 0 Å². The highest BCUT2D eigenvalue weighted by atomic mass is 16.7. The molecule has 1 aromatic heterocycles. The number of anilines is 1.